The maximum atomic E-state index is 12.8. The van der Waals surface area contributed by atoms with Gasteiger partial charge in [-0.1, -0.05) is 53.6 Å². The van der Waals surface area contributed by atoms with Crippen molar-refractivity contribution in [2.75, 3.05) is 6.54 Å². The zero-order valence-corrected chi connectivity index (χ0v) is 17.7. The third-order valence-electron chi connectivity index (χ3n) is 5.09. The fourth-order valence-electron chi connectivity index (χ4n) is 3.83. The lowest BCUT2D eigenvalue weighted by atomic mass is 10.1. The number of rotatable bonds is 7. The molecule has 0 unspecified atom stereocenters. The van der Waals surface area contributed by atoms with Gasteiger partial charge in [-0.25, -0.2) is 0 Å². The van der Waals surface area contributed by atoms with Gasteiger partial charge in [-0.05, 0) is 50.5 Å². The monoisotopic (exact) mass is 399 g/mol. The van der Waals surface area contributed by atoms with E-state index in [4.69, 9.17) is 11.6 Å². The van der Waals surface area contributed by atoms with E-state index in [2.05, 4.69) is 52.8 Å². The summed E-state index contributed by atoms with van der Waals surface area (Å²) in [4.78, 5) is 15.0. The molecule has 0 spiro atoms. The number of benzene rings is 2. The zero-order valence-electron chi connectivity index (χ0n) is 16.9. The molecule has 0 bridgehead atoms. The number of likely N-dealkylation sites (tertiary alicyclic amines) is 1. The first-order valence-electron chi connectivity index (χ1n) is 9.98. The standard InChI is InChI=1S/C23H30ClN3O/c1-16(2)26-23(28)22-12-21(25-13-18-7-4-6-17(3)10-18)15-27(22)14-19-8-5-9-20(24)11-19/h4-11,16,21-22,25H,12-15H2,1-3H3,(H,26,28)/t21-,22+/m1/s1. The number of aryl methyl sites for hydroxylation is 1. The Morgan fingerprint density at radius 2 is 1.93 bits per heavy atom. The normalized spacial score (nSPS) is 19.9. The highest BCUT2D eigenvalue weighted by atomic mass is 35.5. The minimum absolute atomic E-state index is 0.108. The number of hydrogen-bond donors (Lipinski definition) is 2. The van der Waals surface area contributed by atoms with Crippen LogP contribution >= 0.6 is 11.6 Å². The summed E-state index contributed by atoms with van der Waals surface area (Å²) >= 11 is 6.15. The van der Waals surface area contributed by atoms with E-state index < -0.39 is 0 Å². The van der Waals surface area contributed by atoms with Gasteiger partial charge < -0.3 is 10.6 Å². The van der Waals surface area contributed by atoms with Gasteiger partial charge in [0.05, 0.1) is 6.04 Å². The van der Waals surface area contributed by atoms with Crippen LogP contribution in [0.3, 0.4) is 0 Å². The summed E-state index contributed by atoms with van der Waals surface area (Å²) in [6.45, 7) is 8.49. The van der Waals surface area contributed by atoms with E-state index in [0.717, 1.165) is 36.6 Å². The second-order valence-corrected chi connectivity index (χ2v) is 8.48. The molecule has 2 atom stereocenters. The second-order valence-electron chi connectivity index (χ2n) is 8.04. The molecule has 0 radical (unpaired) electrons. The van der Waals surface area contributed by atoms with Crippen LogP contribution in [0.25, 0.3) is 0 Å². The lowest BCUT2D eigenvalue weighted by Crippen LogP contribution is -2.45. The molecule has 1 heterocycles. The van der Waals surface area contributed by atoms with Gasteiger partial charge >= 0.3 is 0 Å². The molecule has 1 aliphatic rings. The third kappa shape index (κ3) is 5.81. The topological polar surface area (TPSA) is 44.4 Å². The Balaban J connectivity index is 1.67. The van der Waals surface area contributed by atoms with Crippen molar-refractivity contribution in [2.24, 2.45) is 0 Å². The Bertz CT molecular complexity index is 808. The molecule has 2 aromatic carbocycles. The fraction of sp³-hybridized carbons (Fsp3) is 0.435. The van der Waals surface area contributed by atoms with Crippen molar-refractivity contribution < 1.29 is 4.79 Å². The smallest absolute Gasteiger partial charge is 0.237 e. The molecule has 1 aliphatic heterocycles. The summed E-state index contributed by atoms with van der Waals surface area (Å²) in [5, 5.41) is 7.45. The van der Waals surface area contributed by atoms with Gasteiger partial charge in [0.2, 0.25) is 5.91 Å². The van der Waals surface area contributed by atoms with Gasteiger partial charge in [-0.15, -0.1) is 0 Å². The van der Waals surface area contributed by atoms with Crippen LogP contribution in [0, 0.1) is 6.92 Å². The van der Waals surface area contributed by atoms with Gasteiger partial charge in [-0.2, -0.15) is 0 Å². The summed E-state index contributed by atoms with van der Waals surface area (Å²) in [5.74, 6) is 0.108. The first-order chi connectivity index (χ1) is 13.4. The van der Waals surface area contributed by atoms with E-state index in [-0.39, 0.29) is 24.0 Å². The Labute approximate surface area is 173 Å². The van der Waals surface area contributed by atoms with Crippen molar-refractivity contribution in [1.29, 1.82) is 0 Å². The van der Waals surface area contributed by atoms with Crippen molar-refractivity contribution in [2.45, 2.75) is 58.4 Å². The van der Waals surface area contributed by atoms with Crippen LogP contribution in [-0.4, -0.2) is 35.5 Å². The van der Waals surface area contributed by atoms with Crippen molar-refractivity contribution in [3.63, 3.8) is 0 Å². The van der Waals surface area contributed by atoms with Gasteiger partial charge in [0, 0.05) is 36.7 Å². The number of nitrogens with one attached hydrogen (secondary N) is 2. The molecule has 28 heavy (non-hydrogen) atoms. The summed E-state index contributed by atoms with van der Waals surface area (Å²) in [6.07, 6.45) is 0.810. The van der Waals surface area contributed by atoms with Gasteiger partial charge in [-0.3, -0.25) is 9.69 Å². The first kappa shape index (κ1) is 20.8. The van der Waals surface area contributed by atoms with E-state index in [9.17, 15) is 4.79 Å². The SMILES string of the molecule is Cc1cccc(CN[C@@H]2C[C@@H](C(=O)NC(C)C)N(Cc3cccc(Cl)c3)C2)c1. The van der Waals surface area contributed by atoms with Gasteiger partial charge in [0.15, 0.2) is 0 Å². The second kappa shape index (κ2) is 9.55. The summed E-state index contributed by atoms with van der Waals surface area (Å²) in [6, 6.07) is 16.7. The molecule has 0 aromatic heterocycles. The van der Waals surface area contributed by atoms with Crippen LogP contribution in [0.5, 0.6) is 0 Å². The average molecular weight is 400 g/mol. The summed E-state index contributed by atoms with van der Waals surface area (Å²) in [7, 11) is 0. The molecular formula is C23H30ClN3O. The predicted molar refractivity (Wildman–Crippen MR) is 115 cm³/mol. The van der Waals surface area contributed by atoms with E-state index in [0.29, 0.717) is 0 Å². The Hall–Kier alpha value is -1.88. The molecule has 5 heteroatoms. The number of amides is 1. The zero-order chi connectivity index (χ0) is 20.1. The molecule has 2 aromatic rings. The molecule has 150 valence electrons. The minimum Gasteiger partial charge on any atom is -0.353 e. The quantitative estimate of drug-likeness (QED) is 0.742. The number of hydrogen-bond acceptors (Lipinski definition) is 3. The largest absolute Gasteiger partial charge is 0.353 e. The Morgan fingerprint density at radius 3 is 2.64 bits per heavy atom. The van der Waals surface area contributed by atoms with Crippen molar-refractivity contribution in [3.8, 4) is 0 Å². The number of nitrogens with zero attached hydrogens (tertiary/aromatic N) is 1. The van der Waals surface area contributed by atoms with E-state index in [1.165, 1.54) is 11.1 Å². The molecule has 3 rings (SSSR count). The van der Waals surface area contributed by atoms with Crippen LogP contribution in [0.2, 0.25) is 5.02 Å². The molecule has 4 nitrogen and oxygen atoms in total. The molecule has 1 saturated heterocycles. The Kier molecular flexibility index (Phi) is 7.11. The fourth-order valence-corrected chi connectivity index (χ4v) is 4.05. The summed E-state index contributed by atoms with van der Waals surface area (Å²) in [5.41, 5.74) is 3.67. The van der Waals surface area contributed by atoms with Crippen molar-refractivity contribution >= 4 is 17.5 Å². The summed E-state index contributed by atoms with van der Waals surface area (Å²) < 4.78 is 0. The van der Waals surface area contributed by atoms with Crippen molar-refractivity contribution in [1.82, 2.24) is 15.5 Å². The van der Waals surface area contributed by atoms with E-state index in [1.54, 1.807) is 0 Å². The Morgan fingerprint density at radius 1 is 1.18 bits per heavy atom. The number of carbonyl (C=O) groups is 1. The molecule has 1 fully saturated rings. The van der Waals surface area contributed by atoms with Gasteiger partial charge in [0.25, 0.3) is 0 Å². The number of carbonyl (C=O) groups excluding carboxylic acids is 1. The maximum absolute atomic E-state index is 12.8. The van der Waals surface area contributed by atoms with E-state index in [1.807, 2.05) is 32.0 Å². The highest BCUT2D eigenvalue weighted by Gasteiger charge is 2.36. The van der Waals surface area contributed by atoms with Crippen LogP contribution in [0.1, 0.15) is 37.0 Å². The molecule has 2 N–H and O–H groups in total. The van der Waals surface area contributed by atoms with Crippen LogP contribution in [-0.2, 0) is 17.9 Å². The molecule has 0 aliphatic carbocycles. The maximum Gasteiger partial charge on any atom is 0.237 e. The minimum atomic E-state index is -0.128. The molecular weight excluding hydrogens is 370 g/mol. The van der Waals surface area contributed by atoms with Crippen molar-refractivity contribution in [3.05, 3.63) is 70.2 Å². The third-order valence-corrected chi connectivity index (χ3v) is 5.32. The van der Waals surface area contributed by atoms with Gasteiger partial charge in [0.1, 0.15) is 0 Å². The molecule has 0 saturated carbocycles. The van der Waals surface area contributed by atoms with Crippen LogP contribution in [0.15, 0.2) is 48.5 Å². The lowest BCUT2D eigenvalue weighted by Gasteiger charge is -2.24. The first-order valence-corrected chi connectivity index (χ1v) is 10.4. The lowest BCUT2D eigenvalue weighted by molar-refractivity contribution is -0.126. The van der Waals surface area contributed by atoms with E-state index >= 15 is 0 Å². The number of halogens is 1. The predicted octanol–water partition coefficient (Wildman–Crippen LogP) is 3.91. The highest BCUT2D eigenvalue weighted by molar-refractivity contribution is 6.30. The van der Waals surface area contributed by atoms with Crippen LogP contribution < -0.4 is 10.6 Å². The average Bonchev–Trinajstić information content (AvgIpc) is 3.02. The van der Waals surface area contributed by atoms with Crippen LogP contribution in [0.4, 0.5) is 0 Å². The highest BCUT2D eigenvalue weighted by Crippen LogP contribution is 2.23. The molecule has 1 amide bonds.